The summed E-state index contributed by atoms with van der Waals surface area (Å²) in [6.07, 6.45) is 44.7. The van der Waals surface area contributed by atoms with Crippen molar-refractivity contribution in [1.82, 2.24) is 9.80 Å². The maximum Gasteiger partial charge on any atom is 2.00 e. The number of carbonyl (C=O) groups excluding carboxylic acids is 2. The summed E-state index contributed by atoms with van der Waals surface area (Å²) in [5.74, 6) is -1.89. The SMILES string of the molecule is CCCCCCCCCCCCCCCCCCN(C)CCC(=O)[O-].CCCCCCCCCCCCCCCCCCN(C)CCC(=O)[O-].[Mn+2]. The minimum atomic E-state index is -0.946. The van der Waals surface area contributed by atoms with Crippen LogP contribution in [-0.4, -0.2) is 62.0 Å². The topological polar surface area (TPSA) is 86.7 Å². The molecule has 0 atom stereocenters. The second kappa shape index (κ2) is 47.4. The smallest absolute Gasteiger partial charge is 0.550 e. The van der Waals surface area contributed by atoms with E-state index in [9.17, 15) is 19.8 Å². The van der Waals surface area contributed by atoms with Crippen molar-refractivity contribution in [2.24, 2.45) is 0 Å². The van der Waals surface area contributed by atoms with Gasteiger partial charge < -0.3 is 29.6 Å². The van der Waals surface area contributed by atoms with Gasteiger partial charge in [-0.2, -0.15) is 0 Å². The van der Waals surface area contributed by atoms with E-state index < -0.39 is 11.9 Å². The monoisotopic (exact) mass is 764 g/mol. The zero-order valence-corrected chi connectivity index (χ0v) is 36.0. The quantitative estimate of drug-likeness (QED) is 0.0456. The Labute approximate surface area is 329 Å². The van der Waals surface area contributed by atoms with Gasteiger partial charge in [0.2, 0.25) is 0 Å². The van der Waals surface area contributed by atoms with Crippen LogP contribution in [-0.2, 0) is 26.7 Å². The second-order valence-corrected chi connectivity index (χ2v) is 15.5. The fourth-order valence-electron chi connectivity index (χ4n) is 6.65. The third kappa shape index (κ3) is 53.8. The van der Waals surface area contributed by atoms with Gasteiger partial charge in [-0.05, 0) is 52.9 Å². The van der Waals surface area contributed by atoms with E-state index in [1.807, 2.05) is 14.1 Å². The van der Waals surface area contributed by atoms with E-state index in [2.05, 4.69) is 23.6 Å². The van der Waals surface area contributed by atoms with Crippen LogP contribution >= 0.6 is 0 Å². The van der Waals surface area contributed by atoms with Crippen molar-refractivity contribution < 1.29 is 36.9 Å². The number of hydrogen-bond acceptors (Lipinski definition) is 6. The van der Waals surface area contributed by atoms with E-state index in [1.54, 1.807) is 0 Å². The molecule has 305 valence electrons. The normalized spacial score (nSPS) is 11.1. The van der Waals surface area contributed by atoms with Crippen molar-refractivity contribution >= 4 is 11.9 Å². The zero-order valence-electron chi connectivity index (χ0n) is 34.8. The van der Waals surface area contributed by atoms with E-state index >= 15 is 0 Å². The van der Waals surface area contributed by atoms with Gasteiger partial charge in [-0.3, -0.25) is 0 Å². The van der Waals surface area contributed by atoms with Crippen molar-refractivity contribution in [1.29, 1.82) is 0 Å². The van der Waals surface area contributed by atoms with Crippen LogP contribution in [0.15, 0.2) is 0 Å². The summed E-state index contributed by atoms with van der Waals surface area (Å²) in [6.45, 7) is 7.79. The van der Waals surface area contributed by atoms with Crippen molar-refractivity contribution in [2.75, 3.05) is 40.3 Å². The van der Waals surface area contributed by atoms with Crippen molar-refractivity contribution in [3.8, 4) is 0 Å². The van der Waals surface area contributed by atoms with Gasteiger partial charge in [0.05, 0.1) is 0 Å². The largest absolute Gasteiger partial charge is 2.00 e. The molecule has 7 heteroatoms. The molecule has 0 rings (SSSR count). The number of unbranched alkanes of at least 4 members (excludes halogenated alkanes) is 30. The molecular weight excluding hydrogens is 675 g/mol. The molecule has 0 heterocycles. The Morgan fingerprint density at radius 2 is 0.510 bits per heavy atom. The molecule has 0 aliphatic heterocycles. The molecule has 0 unspecified atom stereocenters. The van der Waals surface area contributed by atoms with Gasteiger partial charge >= 0.3 is 17.1 Å². The van der Waals surface area contributed by atoms with Crippen molar-refractivity contribution in [3.05, 3.63) is 0 Å². The Morgan fingerprint density at radius 3 is 0.686 bits per heavy atom. The van der Waals surface area contributed by atoms with Crippen molar-refractivity contribution in [3.63, 3.8) is 0 Å². The molecular formula is C44H88MnN2O4. The molecule has 0 saturated heterocycles. The second-order valence-electron chi connectivity index (χ2n) is 15.5. The zero-order chi connectivity index (χ0) is 37.2. The molecule has 0 fully saturated rings. The summed E-state index contributed by atoms with van der Waals surface area (Å²) < 4.78 is 0. The standard InChI is InChI=1S/2C22H45NO2.Mn/c2*1-3-4-5-6-7-8-9-10-11-12-13-14-15-16-17-18-20-23(2)21-19-22(24)25;/h2*3-21H2,1-2H3,(H,24,25);/q;;+2/p-2. The van der Waals surface area contributed by atoms with Gasteiger partial charge in [0, 0.05) is 25.0 Å². The Bertz CT molecular complexity index is 626. The third-order valence-corrected chi connectivity index (χ3v) is 10.2. The first-order valence-corrected chi connectivity index (χ1v) is 22.1. The van der Waals surface area contributed by atoms with Gasteiger partial charge in [0.1, 0.15) is 0 Å². The minimum Gasteiger partial charge on any atom is -0.550 e. The average molecular weight is 764 g/mol. The predicted molar refractivity (Wildman–Crippen MR) is 213 cm³/mol. The van der Waals surface area contributed by atoms with E-state index in [1.165, 1.54) is 205 Å². The van der Waals surface area contributed by atoms with Crippen LogP contribution in [0.25, 0.3) is 0 Å². The van der Waals surface area contributed by atoms with Crippen molar-refractivity contribution in [2.45, 2.75) is 232 Å². The number of nitrogens with zero attached hydrogens (tertiary/aromatic N) is 2. The van der Waals surface area contributed by atoms with Gasteiger partial charge in [-0.1, -0.05) is 206 Å². The minimum absolute atomic E-state index is 0. The van der Waals surface area contributed by atoms with E-state index in [0.29, 0.717) is 13.1 Å². The molecule has 0 aromatic carbocycles. The summed E-state index contributed by atoms with van der Waals surface area (Å²) in [6, 6.07) is 0. The first kappa shape index (κ1) is 54.7. The summed E-state index contributed by atoms with van der Waals surface area (Å²) in [4.78, 5) is 25.0. The van der Waals surface area contributed by atoms with Gasteiger partial charge in [-0.25, -0.2) is 0 Å². The maximum absolute atomic E-state index is 10.4. The summed E-state index contributed by atoms with van der Waals surface area (Å²) in [7, 11) is 3.99. The van der Waals surface area contributed by atoms with Gasteiger partial charge in [0.15, 0.2) is 0 Å². The molecule has 0 N–H and O–H groups in total. The van der Waals surface area contributed by atoms with E-state index in [-0.39, 0.29) is 29.9 Å². The van der Waals surface area contributed by atoms with Crippen LogP contribution < -0.4 is 10.2 Å². The fraction of sp³-hybridized carbons (Fsp3) is 0.955. The average Bonchev–Trinajstić information content (AvgIpc) is 3.09. The van der Waals surface area contributed by atoms with Crippen LogP contribution in [0, 0.1) is 0 Å². The molecule has 6 nitrogen and oxygen atoms in total. The number of hydrogen-bond donors (Lipinski definition) is 0. The van der Waals surface area contributed by atoms with E-state index in [0.717, 1.165) is 13.1 Å². The molecule has 0 aliphatic rings. The Morgan fingerprint density at radius 1 is 0.333 bits per heavy atom. The summed E-state index contributed by atoms with van der Waals surface area (Å²) in [5.41, 5.74) is 0. The van der Waals surface area contributed by atoms with Crippen LogP contribution in [0.1, 0.15) is 232 Å². The number of carboxylic acids is 2. The molecule has 0 bridgehead atoms. The number of carbonyl (C=O) groups is 2. The molecule has 51 heavy (non-hydrogen) atoms. The molecule has 0 saturated carbocycles. The third-order valence-electron chi connectivity index (χ3n) is 10.2. The van der Waals surface area contributed by atoms with Crippen LogP contribution in [0.3, 0.4) is 0 Å². The summed E-state index contributed by atoms with van der Waals surface area (Å²) in [5, 5.41) is 20.8. The Balaban J connectivity index is -0.000000886. The molecule has 1 radical (unpaired) electrons. The maximum atomic E-state index is 10.4. The van der Waals surface area contributed by atoms with Gasteiger partial charge in [0.25, 0.3) is 0 Å². The van der Waals surface area contributed by atoms with Crippen LogP contribution in [0.2, 0.25) is 0 Å². The molecule has 0 aromatic rings. The molecule has 0 aliphatic carbocycles. The predicted octanol–water partition coefficient (Wildman–Crippen LogP) is 10.6. The Hall–Kier alpha value is -0.621. The fourth-order valence-corrected chi connectivity index (χ4v) is 6.65. The first-order chi connectivity index (χ1) is 24.3. The van der Waals surface area contributed by atoms with Crippen LogP contribution in [0.5, 0.6) is 0 Å². The first-order valence-electron chi connectivity index (χ1n) is 22.1. The Kier molecular flexibility index (Phi) is 50.9. The molecule has 0 amide bonds. The molecule has 0 aromatic heterocycles. The van der Waals surface area contributed by atoms with E-state index in [4.69, 9.17) is 0 Å². The number of carboxylic acid groups (broad SMARTS) is 2. The summed E-state index contributed by atoms with van der Waals surface area (Å²) >= 11 is 0. The molecule has 0 spiro atoms. The van der Waals surface area contributed by atoms with Gasteiger partial charge in [-0.15, -0.1) is 0 Å². The number of aliphatic carboxylic acids is 2. The van der Waals surface area contributed by atoms with Crippen LogP contribution in [0.4, 0.5) is 0 Å². The number of rotatable bonds is 40.